The lowest BCUT2D eigenvalue weighted by molar-refractivity contribution is -0.117. The minimum atomic E-state index is -0.361. The van der Waals surface area contributed by atoms with Gasteiger partial charge in [0.15, 0.2) is 0 Å². The van der Waals surface area contributed by atoms with Gasteiger partial charge in [-0.2, -0.15) is 0 Å². The third kappa shape index (κ3) is 5.16. The lowest BCUT2D eigenvalue weighted by Crippen LogP contribution is -2.48. The SMILES string of the molecule is CCOC(=O)c1c(NC(=O)CN2CCN(c3ccccc3)CC2)sc(C)c1CC. The van der Waals surface area contributed by atoms with Gasteiger partial charge in [0.2, 0.25) is 5.91 Å². The van der Waals surface area contributed by atoms with Crippen molar-refractivity contribution in [3.8, 4) is 0 Å². The Morgan fingerprint density at radius 2 is 1.79 bits per heavy atom. The Hall–Kier alpha value is -2.38. The number of carbonyl (C=O) groups excluding carboxylic acids is 2. The van der Waals surface area contributed by atoms with Gasteiger partial charge in [0.05, 0.1) is 18.7 Å². The molecule has 2 heterocycles. The number of benzene rings is 1. The Labute approximate surface area is 176 Å². The van der Waals surface area contributed by atoms with Crippen LogP contribution in [0.15, 0.2) is 30.3 Å². The van der Waals surface area contributed by atoms with Gasteiger partial charge < -0.3 is 15.0 Å². The normalized spacial score (nSPS) is 14.7. The van der Waals surface area contributed by atoms with Crippen molar-refractivity contribution in [3.63, 3.8) is 0 Å². The Balaban J connectivity index is 1.59. The Morgan fingerprint density at radius 1 is 1.10 bits per heavy atom. The molecule has 1 aromatic heterocycles. The van der Waals surface area contributed by atoms with Crippen LogP contribution in [-0.4, -0.2) is 56.1 Å². The van der Waals surface area contributed by atoms with Crippen LogP contribution in [0.2, 0.25) is 0 Å². The Bertz CT molecular complexity index is 842. The lowest BCUT2D eigenvalue weighted by Gasteiger charge is -2.35. The molecule has 29 heavy (non-hydrogen) atoms. The van der Waals surface area contributed by atoms with Crippen molar-refractivity contribution in [3.05, 3.63) is 46.3 Å². The molecule has 1 aliphatic heterocycles. The monoisotopic (exact) mass is 415 g/mol. The molecule has 1 aliphatic rings. The number of aryl methyl sites for hydroxylation is 1. The molecule has 3 rings (SSSR count). The van der Waals surface area contributed by atoms with Gasteiger partial charge in [-0.05, 0) is 38.0 Å². The Morgan fingerprint density at radius 3 is 2.41 bits per heavy atom. The number of hydrogen-bond donors (Lipinski definition) is 1. The molecule has 1 amide bonds. The van der Waals surface area contributed by atoms with Gasteiger partial charge in [-0.3, -0.25) is 9.69 Å². The van der Waals surface area contributed by atoms with E-state index in [-0.39, 0.29) is 11.9 Å². The molecule has 1 fully saturated rings. The third-order valence-corrected chi connectivity index (χ3v) is 6.22. The maximum atomic E-state index is 12.7. The number of anilines is 2. The van der Waals surface area contributed by atoms with Crippen LogP contribution in [0.3, 0.4) is 0 Å². The number of piperazine rings is 1. The van der Waals surface area contributed by atoms with E-state index in [1.807, 2.05) is 32.0 Å². The van der Waals surface area contributed by atoms with Gasteiger partial charge >= 0.3 is 5.97 Å². The lowest BCUT2D eigenvalue weighted by atomic mass is 10.1. The molecule has 0 unspecified atom stereocenters. The number of rotatable bonds is 7. The van der Waals surface area contributed by atoms with Crippen molar-refractivity contribution in [2.45, 2.75) is 27.2 Å². The zero-order valence-electron chi connectivity index (χ0n) is 17.4. The van der Waals surface area contributed by atoms with E-state index in [4.69, 9.17) is 4.74 Å². The maximum absolute atomic E-state index is 12.7. The number of amides is 1. The molecular formula is C22H29N3O3S. The first-order valence-corrected chi connectivity index (χ1v) is 11.0. The molecule has 0 saturated carbocycles. The molecule has 1 N–H and O–H groups in total. The van der Waals surface area contributed by atoms with Crippen LogP contribution in [0.25, 0.3) is 0 Å². The topological polar surface area (TPSA) is 61.9 Å². The van der Waals surface area contributed by atoms with E-state index < -0.39 is 0 Å². The molecule has 0 aliphatic carbocycles. The highest BCUT2D eigenvalue weighted by molar-refractivity contribution is 7.16. The van der Waals surface area contributed by atoms with Crippen molar-refractivity contribution in [1.29, 1.82) is 0 Å². The van der Waals surface area contributed by atoms with Crippen molar-refractivity contribution < 1.29 is 14.3 Å². The number of thiophene rings is 1. The summed E-state index contributed by atoms with van der Waals surface area (Å²) in [5.74, 6) is -0.451. The summed E-state index contributed by atoms with van der Waals surface area (Å²) in [7, 11) is 0. The molecule has 7 heteroatoms. The van der Waals surface area contributed by atoms with Crippen LogP contribution in [0.4, 0.5) is 10.7 Å². The van der Waals surface area contributed by atoms with Crippen molar-refractivity contribution >= 4 is 33.9 Å². The fourth-order valence-corrected chi connectivity index (χ4v) is 4.83. The van der Waals surface area contributed by atoms with Gasteiger partial charge in [-0.1, -0.05) is 25.1 Å². The highest BCUT2D eigenvalue weighted by atomic mass is 32.1. The van der Waals surface area contributed by atoms with E-state index in [1.165, 1.54) is 17.0 Å². The molecule has 156 valence electrons. The average molecular weight is 416 g/mol. The molecule has 0 radical (unpaired) electrons. The first kappa shape index (κ1) is 21.3. The highest BCUT2D eigenvalue weighted by Gasteiger charge is 2.25. The zero-order chi connectivity index (χ0) is 20.8. The van der Waals surface area contributed by atoms with Crippen molar-refractivity contribution in [1.82, 2.24) is 4.90 Å². The fraction of sp³-hybridized carbons (Fsp3) is 0.455. The summed E-state index contributed by atoms with van der Waals surface area (Å²) >= 11 is 1.45. The molecule has 2 aromatic rings. The van der Waals surface area contributed by atoms with Crippen LogP contribution >= 0.6 is 11.3 Å². The number of ether oxygens (including phenoxy) is 1. The van der Waals surface area contributed by atoms with E-state index in [0.29, 0.717) is 23.7 Å². The maximum Gasteiger partial charge on any atom is 0.341 e. The van der Waals surface area contributed by atoms with E-state index >= 15 is 0 Å². The molecule has 0 spiro atoms. The largest absolute Gasteiger partial charge is 0.462 e. The highest BCUT2D eigenvalue weighted by Crippen LogP contribution is 2.34. The van der Waals surface area contributed by atoms with E-state index in [0.717, 1.165) is 43.0 Å². The molecule has 0 bridgehead atoms. The molecule has 1 aromatic carbocycles. The number of carbonyl (C=O) groups is 2. The third-order valence-electron chi connectivity index (χ3n) is 5.16. The molecule has 0 atom stereocenters. The summed E-state index contributed by atoms with van der Waals surface area (Å²) in [5.41, 5.74) is 2.69. The Kier molecular flexibility index (Phi) is 7.28. The molecule has 6 nitrogen and oxygen atoms in total. The van der Waals surface area contributed by atoms with Gasteiger partial charge in [0.1, 0.15) is 5.00 Å². The zero-order valence-corrected chi connectivity index (χ0v) is 18.2. The summed E-state index contributed by atoms with van der Waals surface area (Å²) in [6.45, 7) is 9.86. The molecular weight excluding hydrogens is 386 g/mol. The van der Waals surface area contributed by atoms with E-state index in [9.17, 15) is 9.59 Å². The van der Waals surface area contributed by atoms with E-state index in [1.54, 1.807) is 6.92 Å². The quantitative estimate of drug-likeness (QED) is 0.701. The number of hydrogen-bond acceptors (Lipinski definition) is 6. The van der Waals surface area contributed by atoms with Crippen LogP contribution < -0.4 is 10.2 Å². The first-order chi connectivity index (χ1) is 14.0. The first-order valence-electron chi connectivity index (χ1n) is 10.1. The summed E-state index contributed by atoms with van der Waals surface area (Å²) < 4.78 is 5.21. The van der Waals surface area contributed by atoms with Crippen LogP contribution in [0.1, 0.15) is 34.6 Å². The summed E-state index contributed by atoms with van der Waals surface area (Å²) in [4.78, 5) is 30.6. The standard InChI is InChI=1S/C22H29N3O3S/c1-4-18-16(3)29-21(20(18)22(27)28-5-2)23-19(26)15-24-11-13-25(14-12-24)17-9-7-6-8-10-17/h6-10H,4-5,11-15H2,1-3H3,(H,23,26). The number of para-hydroxylation sites is 1. The smallest absolute Gasteiger partial charge is 0.341 e. The number of nitrogens with zero attached hydrogens (tertiary/aromatic N) is 2. The van der Waals surface area contributed by atoms with E-state index in [2.05, 4.69) is 27.2 Å². The van der Waals surface area contributed by atoms with Crippen LogP contribution in [-0.2, 0) is 16.0 Å². The second-order valence-electron chi connectivity index (χ2n) is 7.06. The average Bonchev–Trinajstić information content (AvgIpc) is 3.04. The van der Waals surface area contributed by atoms with Crippen LogP contribution in [0.5, 0.6) is 0 Å². The summed E-state index contributed by atoms with van der Waals surface area (Å²) in [5, 5.41) is 3.56. The van der Waals surface area contributed by atoms with Gasteiger partial charge in [0, 0.05) is 36.7 Å². The van der Waals surface area contributed by atoms with Crippen molar-refractivity contribution in [2.24, 2.45) is 0 Å². The van der Waals surface area contributed by atoms with Crippen LogP contribution in [0, 0.1) is 6.92 Å². The van der Waals surface area contributed by atoms with Gasteiger partial charge in [0.25, 0.3) is 0 Å². The predicted molar refractivity (Wildman–Crippen MR) is 118 cm³/mol. The summed E-state index contributed by atoms with van der Waals surface area (Å²) in [6, 6.07) is 10.3. The minimum absolute atomic E-state index is 0.0902. The number of esters is 1. The summed E-state index contributed by atoms with van der Waals surface area (Å²) in [6.07, 6.45) is 0.730. The second kappa shape index (κ2) is 9.89. The van der Waals surface area contributed by atoms with Crippen molar-refractivity contribution in [2.75, 3.05) is 49.5 Å². The minimum Gasteiger partial charge on any atom is -0.462 e. The predicted octanol–water partition coefficient (Wildman–Crippen LogP) is 3.56. The van der Waals surface area contributed by atoms with Gasteiger partial charge in [-0.25, -0.2) is 4.79 Å². The van der Waals surface area contributed by atoms with Gasteiger partial charge in [-0.15, -0.1) is 11.3 Å². The number of nitrogens with one attached hydrogen (secondary N) is 1. The second-order valence-corrected chi connectivity index (χ2v) is 8.29. The fourth-order valence-electron chi connectivity index (χ4n) is 3.68. The molecule has 1 saturated heterocycles.